The molecule has 0 aliphatic carbocycles. The summed E-state index contributed by atoms with van der Waals surface area (Å²) in [5.74, 6) is 0.319. The average Bonchev–Trinajstić information content (AvgIpc) is 2.78. The normalized spacial score (nSPS) is 10.8. The maximum Gasteiger partial charge on any atom is 0.270 e. The van der Waals surface area contributed by atoms with Gasteiger partial charge in [-0.15, -0.1) is 10.2 Å². The van der Waals surface area contributed by atoms with Gasteiger partial charge in [-0.1, -0.05) is 37.3 Å². The van der Waals surface area contributed by atoms with Crippen LogP contribution in [0.25, 0.3) is 10.6 Å². The molecule has 5 nitrogen and oxygen atoms in total. The zero-order chi connectivity index (χ0) is 12.4. The number of benzene rings is 1. The van der Waals surface area contributed by atoms with E-state index in [0.29, 0.717) is 5.92 Å². The molecule has 2 aromatic rings. The van der Waals surface area contributed by atoms with Crippen molar-refractivity contribution in [3.63, 3.8) is 0 Å². The largest absolute Gasteiger partial charge is 0.270 e. The molecule has 1 heterocycles. The Morgan fingerprint density at radius 2 is 2.12 bits per heavy atom. The number of hydrogen-bond acceptors (Lipinski definition) is 5. The lowest BCUT2D eigenvalue weighted by Gasteiger charge is -1.96. The fraction of sp³-hybridized carbons (Fsp3) is 0.273. The summed E-state index contributed by atoms with van der Waals surface area (Å²) >= 11 is 1.47. The standard InChI is InChI=1S/C11H11N3O2S/c1-7(2)10-12-13-11(17-10)8-4-3-5-9(6-8)14(15)16/h3-7H,1-2H3. The number of rotatable bonds is 3. The van der Waals surface area contributed by atoms with E-state index in [1.54, 1.807) is 12.1 Å². The lowest BCUT2D eigenvalue weighted by molar-refractivity contribution is -0.384. The number of nitro groups is 1. The van der Waals surface area contributed by atoms with Gasteiger partial charge in [0.1, 0.15) is 10.0 Å². The van der Waals surface area contributed by atoms with Gasteiger partial charge in [0.15, 0.2) is 0 Å². The van der Waals surface area contributed by atoms with Crippen molar-refractivity contribution in [3.05, 3.63) is 39.4 Å². The van der Waals surface area contributed by atoms with Gasteiger partial charge in [0.2, 0.25) is 0 Å². The van der Waals surface area contributed by atoms with E-state index in [-0.39, 0.29) is 5.69 Å². The molecule has 1 aromatic carbocycles. The van der Waals surface area contributed by atoms with E-state index >= 15 is 0 Å². The van der Waals surface area contributed by atoms with Crippen LogP contribution in [0.1, 0.15) is 24.8 Å². The third-order valence-corrected chi connectivity index (χ3v) is 3.51. The molecule has 0 unspecified atom stereocenters. The maximum atomic E-state index is 10.7. The molecule has 0 aliphatic rings. The van der Waals surface area contributed by atoms with Crippen LogP contribution in [0.4, 0.5) is 5.69 Å². The van der Waals surface area contributed by atoms with Gasteiger partial charge in [0.05, 0.1) is 4.92 Å². The second-order valence-corrected chi connectivity index (χ2v) is 4.92. The van der Waals surface area contributed by atoms with Gasteiger partial charge in [0.25, 0.3) is 5.69 Å². The molecule has 88 valence electrons. The van der Waals surface area contributed by atoms with Crippen molar-refractivity contribution in [2.24, 2.45) is 0 Å². The Kier molecular flexibility index (Phi) is 3.14. The molecule has 0 aliphatic heterocycles. The van der Waals surface area contributed by atoms with Gasteiger partial charge >= 0.3 is 0 Å². The van der Waals surface area contributed by atoms with Crippen molar-refractivity contribution in [1.29, 1.82) is 0 Å². The summed E-state index contributed by atoms with van der Waals surface area (Å²) in [7, 11) is 0. The first kappa shape index (κ1) is 11.7. The highest BCUT2D eigenvalue weighted by atomic mass is 32.1. The summed E-state index contributed by atoms with van der Waals surface area (Å²) in [6.45, 7) is 4.08. The van der Waals surface area contributed by atoms with Crippen LogP contribution < -0.4 is 0 Å². The molecule has 0 radical (unpaired) electrons. The zero-order valence-corrected chi connectivity index (χ0v) is 10.3. The van der Waals surface area contributed by atoms with Gasteiger partial charge in [-0.3, -0.25) is 10.1 Å². The molecule has 0 spiro atoms. The minimum absolute atomic E-state index is 0.0730. The van der Waals surface area contributed by atoms with Crippen molar-refractivity contribution in [2.45, 2.75) is 19.8 Å². The Morgan fingerprint density at radius 3 is 2.71 bits per heavy atom. The Hall–Kier alpha value is -1.82. The van der Waals surface area contributed by atoms with E-state index in [1.165, 1.54) is 23.5 Å². The summed E-state index contributed by atoms with van der Waals surface area (Å²) in [5.41, 5.74) is 0.812. The summed E-state index contributed by atoms with van der Waals surface area (Å²) in [4.78, 5) is 10.3. The Bertz CT molecular complexity index is 551. The van der Waals surface area contributed by atoms with E-state index in [0.717, 1.165) is 15.6 Å². The highest BCUT2D eigenvalue weighted by Gasteiger charge is 2.12. The average molecular weight is 249 g/mol. The number of nitrogens with zero attached hydrogens (tertiary/aromatic N) is 3. The van der Waals surface area contributed by atoms with Gasteiger partial charge in [-0.25, -0.2) is 0 Å². The van der Waals surface area contributed by atoms with Crippen molar-refractivity contribution in [2.75, 3.05) is 0 Å². The Morgan fingerprint density at radius 1 is 1.35 bits per heavy atom. The first-order valence-corrected chi connectivity index (χ1v) is 5.98. The van der Waals surface area contributed by atoms with Gasteiger partial charge < -0.3 is 0 Å². The van der Waals surface area contributed by atoms with E-state index in [1.807, 2.05) is 13.8 Å². The second kappa shape index (κ2) is 4.58. The van der Waals surface area contributed by atoms with Crippen LogP contribution in [-0.4, -0.2) is 15.1 Å². The van der Waals surface area contributed by atoms with Gasteiger partial charge in [-0.05, 0) is 0 Å². The van der Waals surface area contributed by atoms with E-state index in [2.05, 4.69) is 10.2 Å². The van der Waals surface area contributed by atoms with E-state index in [9.17, 15) is 10.1 Å². The minimum atomic E-state index is -0.409. The molecular weight excluding hydrogens is 238 g/mol. The van der Waals surface area contributed by atoms with Crippen LogP contribution in [-0.2, 0) is 0 Å². The first-order chi connectivity index (χ1) is 8.08. The number of nitro benzene ring substituents is 1. The van der Waals surface area contributed by atoms with Gasteiger partial charge in [-0.2, -0.15) is 0 Å². The lowest BCUT2D eigenvalue weighted by atomic mass is 10.2. The molecule has 1 aromatic heterocycles. The van der Waals surface area contributed by atoms with Crippen molar-refractivity contribution in [1.82, 2.24) is 10.2 Å². The quantitative estimate of drug-likeness (QED) is 0.618. The highest BCUT2D eigenvalue weighted by molar-refractivity contribution is 7.14. The van der Waals surface area contributed by atoms with Crippen LogP contribution in [0.2, 0.25) is 0 Å². The second-order valence-electron chi connectivity index (χ2n) is 3.91. The molecule has 0 bridgehead atoms. The number of aromatic nitrogens is 2. The van der Waals surface area contributed by atoms with Crippen LogP contribution >= 0.6 is 11.3 Å². The summed E-state index contributed by atoms with van der Waals surface area (Å²) in [6, 6.07) is 6.44. The molecule has 2 rings (SSSR count). The summed E-state index contributed by atoms with van der Waals surface area (Å²) in [6.07, 6.45) is 0. The third kappa shape index (κ3) is 2.47. The monoisotopic (exact) mass is 249 g/mol. The fourth-order valence-corrected chi connectivity index (χ4v) is 2.18. The van der Waals surface area contributed by atoms with Crippen LogP contribution in [0, 0.1) is 10.1 Å². The fourth-order valence-electron chi connectivity index (χ4n) is 1.34. The van der Waals surface area contributed by atoms with Crippen molar-refractivity contribution < 1.29 is 4.92 Å². The van der Waals surface area contributed by atoms with Crippen LogP contribution in [0.15, 0.2) is 24.3 Å². The van der Waals surface area contributed by atoms with Crippen LogP contribution in [0.3, 0.4) is 0 Å². The SMILES string of the molecule is CC(C)c1nnc(-c2cccc([N+](=O)[O-])c2)s1. The molecule has 0 saturated carbocycles. The van der Waals surface area contributed by atoms with Crippen molar-refractivity contribution in [3.8, 4) is 10.6 Å². The smallest absolute Gasteiger partial charge is 0.258 e. The lowest BCUT2D eigenvalue weighted by Crippen LogP contribution is -1.87. The third-order valence-electron chi connectivity index (χ3n) is 2.24. The molecule has 0 amide bonds. The van der Waals surface area contributed by atoms with Crippen molar-refractivity contribution >= 4 is 17.0 Å². The molecule has 17 heavy (non-hydrogen) atoms. The summed E-state index contributed by atoms with van der Waals surface area (Å²) in [5, 5.41) is 20.4. The van der Waals surface area contributed by atoms with Crippen LogP contribution in [0.5, 0.6) is 0 Å². The van der Waals surface area contributed by atoms with E-state index < -0.39 is 4.92 Å². The first-order valence-electron chi connectivity index (χ1n) is 5.16. The maximum absolute atomic E-state index is 10.7. The molecule has 6 heteroatoms. The Labute approximate surface area is 102 Å². The Balaban J connectivity index is 2.38. The highest BCUT2D eigenvalue weighted by Crippen LogP contribution is 2.29. The zero-order valence-electron chi connectivity index (χ0n) is 9.45. The molecule has 0 saturated heterocycles. The molecule has 0 fully saturated rings. The molecule has 0 atom stereocenters. The molecule has 0 N–H and O–H groups in total. The number of hydrogen-bond donors (Lipinski definition) is 0. The number of non-ortho nitro benzene ring substituents is 1. The predicted molar refractivity (Wildman–Crippen MR) is 66.1 cm³/mol. The van der Waals surface area contributed by atoms with E-state index in [4.69, 9.17) is 0 Å². The topological polar surface area (TPSA) is 68.9 Å². The van der Waals surface area contributed by atoms with Gasteiger partial charge in [0, 0.05) is 23.6 Å². The molecular formula is C11H11N3O2S. The minimum Gasteiger partial charge on any atom is -0.258 e. The summed E-state index contributed by atoms with van der Waals surface area (Å²) < 4.78 is 0. The predicted octanol–water partition coefficient (Wildman–Crippen LogP) is 3.24.